The average molecular weight is 233 g/mol. The van der Waals surface area contributed by atoms with Crippen LogP contribution in [0.15, 0.2) is 24.5 Å². The smallest absolute Gasteiger partial charge is 0.0829 e. The summed E-state index contributed by atoms with van der Waals surface area (Å²) in [5, 5.41) is 3.11. The molecule has 1 aliphatic carbocycles. The van der Waals surface area contributed by atoms with E-state index in [1.165, 1.54) is 30.7 Å². The number of pyridine rings is 1. The first-order chi connectivity index (χ1) is 7.83. The van der Waals surface area contributed by atoms with E-state index < -0.39 is 0 Å². The fourth-order valence-electron chi connectivity index (χ4n) is 2.39. The Kier molecular flexibility index (Phi) is 3.88. The molecule has 1 fully saturated rings. The van der Waals surface area contributed by atoms with Crippen LogP contribution >= 0.6 is 12.2 Å². The molecule has 85 valence electrons. The van der Waals surface area contributed by atoms with Gasteiger partial charge in [0.15, 0.2) is 0 Å². The molecule has 1 radical (unpaired) electrons. The van der Waals surface area contributed by atoms with Gasteiger partial charge < -0.3 is 5.32 Å². The van der Waals surface area contributed by atoms with E-state index in [1.807, 2.05) is 25.5 Å². The highest BCUT2D eigenvalue weighted by Crippen LogP contribution is 2.39. The molecule has 0 saturated heterocycles. The zero-order valence-electron chi connectivity index (χ0n) is 9.57. The van der Waals surface area contributed by atoms with Crippen molar-refractivity contribution >= 4 is 17.2 Å². The van der Waals surface area contributed by atoms with Gasteiger partial charge in [0.1, 0.15) is 0 Å². The predicted octanol–water partition coefficient (Wildman–Crippen LogP) is 2.86. The SMILES string of the molecule is CNC(=S)[C]1CCCC[C@H]1c1cccnc1. The van der Waals surface area contributed by atoms with Crippen molar-refractivity contribution in [3.63, 3.8) is 0 Å². The lowest BCUT2D eigenvalue weighted by molar-refractivity contribution is 0.506. The molecule has 0 spiro atoms. The number of nitrogens with zero attached hydrogens (tertiary/aromatic N) is 1. The molecule has 0 unspecified atom stereocenters. The molecule has 1 saturated carbocycles. The molecule has 2 rings (SSSR count). The fraction of sp³-hybridized carbons (Fsp3) is 0.462. The Hall–Kier alpha value is -0.960. The first-order valence-corrected chi connectivity index (χ1v) is 6.21. The Morgan fingerprint density at radius 1 is 1.50 bits per heavy atom. The molecule has 0 bridgehead atoms. The monoisotopic (exact) mass is 233 g/mol. The van der Waals surface area contributed by atoms with Crippen molar-refractivity contribution < 1.29 is 0 Å². The number of thiocarbonyl (C=S) groups is 1. The van der Waals surface area contributed by atoms with Crippen molar-refractivity contribution in [2.24, 2.45) is 0 Å². The van der Waals surface area contributed by atoms with Crippen molar-refractivity contribution in [3.05, 3.63) is 36.0 Å². The second-order valence-electron chi connectivity index (χ2n) is 4.19. The highest BCUT2D eigenvalue weighted by atomic mass is 32.1. The molecule has 16 heavy (non-hydrogen) atoms. The number of hydrogen-bond donors (Lipinski definition) is 1. The molecule has 1 atom stereocenters. The van der Waals surface area contributed by atoms with Gasteiger partial charge in [0.25, 0.3) is 0 Å². The molecule has 1 heterocycles. The van der Waals surface area contributed by atoms with Crippen molar-refractivity contribution in [3.8, 4) is 0 Å². The quantitative estimate of drug-likeness (QED) is 0.795. The van der Waals surface area contributed by atoms with Crippen LogP contribution in [0.25, 0.3) is 0 Å². The predicted molar refractivity (Wildman–Crippen MR) is 70.3 cm³/mol. The molecule has 0 aliphatic heterocycles. The Balaban J connectivity index is 2.20. The minimum Gasteiger partial charge on any atom is -0.382 e. The maximum atomic E-state index is 5.38. The van der Waals surface area contributed by atoms with Crippen LogP contribution in [0.2, 0.25) is 0 Å². The highest BCUT2D eigenvalue weighted by Gasteiger charge is 2.29. The molecule has 1 aliphatic rings. The van der Waals surface area contributed by atoms with E-state index in [0.29, 0.717) is 5.92 Å². The molecular weight excluding hydrogens is 216 g/mol. The summed E-state index contributed by atoms with van der Waals surface area (Å²) in [6.45, 7) is 0. The van der Waals surface area contributed by atoms with Gasteiger partial charge in [0, 0.05) is 25.4 Å². The molecular formula is C13H17N2S. The van der Waals surface area contributed by atoms with Gasteiger partial charge in [-0.05, 0) is 30.4 Å². The van der Waals surface area contributed by atoms with Crippen molar-refractivity contribution in [2.45, 2.75) is 31.6 Å². The normalized spacial score (nSPS) is 21.7. The Morgan fingerprint density at radius 2 is 2.38 bits per heavy atom. The van der Waals surface area contributed by atoms with E-state index in [4.69, 9.17) is 12.2 Å². The maximum absolute atomic E-state index is 5.38. The Morgan fingerprint density at radius 3 is 3.06 bits per heavy atom. The second-order valence-corrected chi connectivity index (χ2v) is 4.60. The maximum Gasteiger partial charge on any atom is 0.0829 e. The van der Waals surface area contributed by atoms with Crippen LogP contribution in [0.5, 0.6) is 0 Å². The standard InChI is InChI=1S/C13H17N2S/c1-14-13(16)12-7-3-2-6-11(12)10-5-4-8-15-9-10/h4-5,8-9,11H,2-3,6-7H2,1H3,(H,14,16)/t11-/m0/s1. The van der Waals surface area contributed by atoms with E-state index in [1.54, 1.807) is 0 Å². The third kappa shape index (κ3) is 2.40. The van der Waals surface area contributed by atoms with E-state index in [9.17, 15) is 0 Å². The van der Waals surface area contributed by atoms with Crippen LogP contribution < -0.4 is 5.32 Å². The van der Waals surface area contributed by atoms with Crippen molar-refractivity contribution in [1.82, 2.24) is 10.3 Å². The molecule has 2 nitrogen and oxygen atoms in total. The number of nitrogens with one attached hydrogen (secondary N) is 1. The molecule has 1 N–H and O–H groups in total. The van der Waals surface area contributed by atoms with Gasteiger partial charge in [0.2, 0.25) is 0 Å². The highest BCUT2D eigenvalue weighted by molar-refractivity contribution is 7.80. The first-order valence-electron chi connectivity index (χ1n) is 5.80. The molecule has 0 aromatic carbocycles. The van der Waals surface area contributed by atoms with Crippen molar-refractivity contribution in [2.75, 3.05) is 7.05 Å². The average Bonchev–Trinajstić information content (AvgIpc) is 2.39. The Bertz CT molecular complexity index is 350. The second kappa shape index (κ2) is 5.39. The van der Waals surface area contributed by atoms with Gasteiger partial charge in [-0.25, -0.2) is 0 Å². The van der Waals surface area contributed by atoms with Crippen molar-refractivity contribution in [1.29, 1.82) is 0 Å². The number of rotatable bonds is 2. The van der Waals surface area contributed by atoms with E-state index in [2.05, 4.69) is 16.4 Å². The summed E-state index contributed by atoms with van der Waals surface area (Å²) < 4.78 is 0. The third-order valence-electron chi connectivity index (χ3n) is 3.22. The fourth-order valence-corrected chi connectivity index (χ4v) is 2.64. The summed E-state index contributed by atoms with van der Waals surface area (Å²) in [5.41, 5.74) is 1.30. The van der Waals surface area contributed by atoms with Gasteiger partial charge in [-0.2, -0.15) is 0 Å². The van der Waals surface area contributed by atoms with Gasteiger partial charge in [-0.1, -0.05) is 31.1 Å². The largest absolute Gasteiger partial charge is 0.382 e. The zero-order valence-corrected chi connectivity index (χ0v) is 10.4. The van der Waals surface area contributed by atoms with Crippen LogP contribution in [-0.2, 0) is 0 Å². The lowest BCUT2D eigenvalue weighted by Gasteiger charge is -2.31. The molecule has 1 aromatic heterocycles. The van der Waals surface area contributed by atoms with Gasteiger partial charge in [-0.15, -0.1) is 0 Å². The summed E-state index contributed by atoms with van der Waals surface area (Å²) in [6, 6.07) is 4.16. The number of hydrogen-bond acceptors (Lipinski definition) is 2. The molecule has 3 heteroatoms. The minimum atomic E-state index is 0.474. The first kappa shape index (κ1) is 11.5. The van der Waals surface area contributed by atoms with Gasteiger partial charge in [-0.3, -0.25) is 4.98 Å². The topological polar surface area (TPSA) is 24.9 Å². The van der Waals surface area contributed by atoms with Gasteiger partial charge in [0.05, 0.1) is 4.99 Å². The van der Waals surface area contributed by atoms with Gasteiger partial charge >= 0.3 is 0 Å². The van der Waals surface area contributed by atoms with E-state index in [0.717, 1.165) is 11.4 Å². The number of aromatic nitrogens is 1. The molecule has 0 amide bonds. The van der Waals surface area contributed by atoms with Crippen LogP contribution in [0, 0.1) is 5.92 Å². The summed E-state index contributed by atoms with van der Waals surface area (Å²) in [6.07, 6.45) is 8.65. The minimum absolute atomic E-state index is 0.474. The summed E-state index contributed by atoms with van der Waals surface area (Å²) in [7, 11) is 1.91. The molecule has 1 aromatic rings. The van der Waals surface area contributed by atoms with Crippen LogP contribution in [0.3, 0.4) is 0 Å². The van der Waals surface area contributed by atoms with Crippen LogP contribution in [-0.4, -0.2) is 17.0 Å². The van der Waals surface area contributed by atoms with E-state index >= 15 is 0 Å². The van der Waals surface area contributed by atoms with E-state index in [-0.39, 0.29) is 0 Å². The summed E-state index contributed by atoms with van der Waals surface area (Å²) >= 11 is 5.38. The van der Waals surface area contributed by atoms with Crippen LogP contribution in [0.1, 0.15) is 37.2 Å². The summed E-state index contributed by atoms with van der Waals surface area (Å²) in [4.78, 5) is 5.13. The summed E-state index contributed by atoms with van der Waals surface area (Å²) in [5.74, 6) is 1.86. The lowest BCUT2D eigenvalue weighted by Crippen LogP contribution is -2.30. The Labute approximate surface area is 102 Å². The van der Waals surface area contributed by atoms with Crippen LogP contribution in [0.4, 0.5) is 0 Å². The lowest BCUT2D eigenvalue weighted by atomic mass is 9.76. The third-order valence-corrected chi connectivity index (χ3v) is 3.68. The zero-order chi connectivity index (χ0) is 11.4.